The van der Waals surface area contributed by atoms with Crippen molar-refractivity contribution in [3.8, 4) is 5.69 Å². The molecule has 0 spiro atoms. The Morgan fingerprint density at radius 3 is 2.69 bits per heavy atom. The molecule has 0 fully saturated rings. The van der Waals surface area contributed by atoms with Gasteiger partial charge in [-0.05, 0) is 19.1 Å². The van der Waals surface area contributed by atoms with Crippen LogP contribution in [0.3, 0.4) is 0 Å². The summed E-state index contributed by atoms with van der Waals surface area (Å²) in [5.74, 6) is 0. The summed E-state index contributed by atoms with van der Waals surface area (Å²) in [5, 5.41) is 14.9. The van der Waals surface area contributed by atoms with Crippen molar-refractivity contribution in [2.24, 2.45) is 0 Å². The molecule has 1 aromatic carbocycles. The first-order valence-corrected chi connectivity index (χ1v) is 4.92. The third-order valence-corrected chi connectivity index (χ3v) is 2.50. The molecular weight excluding hydrogens is 230 g/mol. The molecule has 0 aliphatic rings. The van der Waals surface area contributed by atoms with Crippen molar-refractivity contribution in [3.05, 3.63) is 51.3 Å². The van der Waals surface area contributed by atoms with Gasteiger partial charge in [0.1, 0.15) is 0 Å². The molecule has 16 heavy (non-hydrogen) atoms. The fraction of sp³-hybridized carbons (Fsp3) is 0.100. The van der Waals surface area contributed by atoms with Crippen LogP contribution >= 0.6 is 11.6 Å². The van der Waals surface area contributed by atoms with E-state index in [1.54, 1.807) is 16.9 Å². The van der Waals surface area contributed by atoms with E-state index in [1.165, 1.54) is 12.1 Å². The lowest BCUT2D eigenvalue weighted by atomic mass is 10.3. The van der Waals surface area contributed by atoms with Gasteiger partial charge in [0.05, 0.1) is 15.6 Å². The van der Waals surface area contributed by atoms with Gasteiger partial charge in [0.25, 0.3) is 5.69 Å². The smallest absolute Gasteiger partial charge is 0.258 e. The number of hydrogen-bond acceptors (Lipinski definition) is 3. The summed E-state index contributed by atoms with van der Waals surface area (Å²) >= 11 is 5.97. The summed E-state index contributed by atoms with van der Waals surface area (Å²) < 4.78 is 1.63. The lowest BCUT2D eigenvalue weighted by Gasteiger charge is -2.06. The van der Waals surface area contributed by atoms with Gasteiger partial charge in [-0.3, -0.25) is 10.1 Å². The first kappa shape index (κ1) is 10.6. The lowest BCUT2D eigenvalue weighted by Crippen LogP contribution is -2.00. The van der Waals surface area contributed by atoms with E-state index in [0.29, 0.717) is 10.7 Å². The summed E-state index contributed by atoms with van der Waals surface area (Å²) in [6.45, 7) is 1.88. The maximum atomic E-state index is 10.5. The standard InChI is InChI=1S/C10H8ClN3O2/c1-7-4-5-12-13(7)10-3-2-8(14(15)16)6-9(10)11/h2-6H,1H3. The minimum atomic E-state index is -0.481. The molecule has 2 aromatic rings. The number of aryl methyl sites for hydroxylation is 1. The molecular formula is C10H8ClN3O2. The molecule has 0 amide bonds. The second-order valence-electron chi connectivity index (χ2n) is 3.28. The molecule has 0 saturated heterocycles. The normalized spacial score (nSPS) is 10.4. The van der Waals surface area contributed by atoms with Gasteiger partial charge in [-0.2, -0.15) is 5.10 Å². The number of rotatable bonds is 2. The van der Waals surface area contributed by atoms with Gasteiger partial charge in [0, 0.05) is 24.0 Å². The van der Waals surface area contributed by atoms with Gasteiger partial charge >= 0.3 is 0 Å². The average molecular weight is 238 g/mol. The molecule has 1 heterocycles. The number of aromatic nitrogens is 2. The Morgan fingerprint density at radius 2 is 2.19 bits per heavy atom. The van der Waals surface area contributed by atoms with Crippen LogP contribution in [0.15, 0.2) is 30.5 Å². The third kappa shape index (κ3) is 1.77. The van der Waals surface area contributed by atoms with Crippen LogP contribution in [0.25, 0.3) is 5.69 Å². The van der Waals surface area contributed by atoms with Gasteiger partial charge < -0.3 is 0 Å². The molecule has 0 aliphatic carbocycles. The second-order valence-corrected chi connectivity index (χ2v) is 3.68. The monoisotopic (exact) mass is 237 g/mol. The van der Waals surface area contributed by atoms with E-state index in [0.717, 1.165) is 5.69 Å². The zero-order valence-electron chi connectivity index (χ0n) is 8.42. The molecule has 2 rings (SSSR count). The van der Waals surface area contributed by atoms with Crippen LogP contribution in [-0.2, 0) is 0 Å². The molecule has 82 valence electrons. The first-order valence-electron chi connectivity index (χ1n) is 4.54. The third-order valence-electron chi connectivity index (χ3n) is 2.20. The van der Waals surface area contributed by atoms with E-state index >= 15 is 0 Å². The lowest BCUT2D eigenvalue weighted by molar-refractivity contribution is -0.384. The number of nitrogens with zero attached hydrogens (tertiary/aromatic N) is 3. The number of hydrogen-bond donors (Lipinski definition) is 0. The highest BCUT2D eigenvalue weighted by atomic mass is 35.5. The van der Waals surface area contributed by atoms with Crippen LogP contribution in [0.5, 0.6) is 0 Å². The summed E-state index contributed by atoms with van der Waals surface area (Å²) in [7, 11) is 0. The van der Waals surface area contributed by atoms with Gasteiger partial charge in [-0.25, -0.2) is 4.68 Å². The highest BCUT2D eigenvalue weighted by Crippen LogP contribution is 2.25. The fourth-order valence-corrected chi connectivity index (χ4v) is 1.66. The SMILES string of the molecule is Cc1ccnn1-c1ccc([N+](=O)[O-])cc1Cl. The van der Waals surface area contributed by atoms with Crippen molar-refractivity contribution in [2.75, 3.05) is 0 Å². The number of non-ortho nitro benzene ring substituents is 1. The number of benzene rings is 1. The molecule has 0 N–H and O–H groups in total. The summed E-state index contributed by atoms with van der Waals surface area (Å²) in [6.07, 6.45) is 1.65. The van der Waals surface area contributed by atoms with Crippen LogP contribution in [0.2, 0.25) is 5.02 Å². The first-order chi connectivity index (χ1) is 7.59. The summed E-state index contributed by atoms with van der Waals surface area (Å²) in [6, 6.07) is 6.14. The van der Waals surface area contributed by atoms with Crippen molar-refractivity contribution < 1.29 is 4.92 Å². The molecule has 0 atom stereocenters. The molecule has 6 heteroatoms. The minimum Gasteiger partial charge on any atom is -0.258 e. The van der Waals surface area contributed by atoms with E-state index in [1.807, 2.05) is 13.0 Å². The van der Waals surface area contributed by atoms with E-state index in [4.69, 9.17) is 11.6 Å². The van der Waals surface area contributed by atoms with Crippen LogP contribution < -0.4 is 0 Å². The fourth-order valence-electron chi connectivity index (χ4n) is 1.40. The Kier molecular flexibility index (Phi) is 2.62. The maximum Gasteiger partial charge on any atom is 0.271 e. The highest BCUT2D eigenvalue weighted by molar-refractivity contribution is 6.32. The van der Waals surface area contributed by atoms with Gasteiger partial charge in [0.15, 0.2) is 0 Å². The zero-order chi connectivity index (χ0) is 11.7. The Hall–Kier alpha value is -1.88. The largest absolute Gasteiger partial charge is 0.271 e. The summed E-state index contributed by atoms with van der Waals surface area (Å²) in [5.41, 5.74) is 1.52. The van der Waals surface area contributed by atoms with Crippen molar-refractivity contribution >= 4 is 17.3 Å². The van der Waals surface area contributed by atoms with Gasteiger partial charge in [-0.1, -0.05) is 11.6 Å². The predicted molar refractivity (Wildman–Crippen MR) is 60.0 cm³/mol. The van der Waals surface area contributed by atoms with Crippen LogP contribution in [-0.4, -0.2) is 14.7 Å². The van der Waals surface area contributed by atoms with E-state index in [9.17, 15) is 10.1 Å². The van der Waals surface area contributed by atoms with Crippen molar-refractivity contribution in [1.82, 2.24) is 9.78 Å². The predicted octanol–water partition coefficient (Wildman–Crippen LogP) is 2.74. The topological polar surface area (TPSA) is 61.0 Å². The van der Waals surface area contributed by atoms with Crippen molar-refractivity contribution in [3.63, 3.8) is 0 Å². The zero-order valence-corrected chi connectivity index (χ0v) is 9.18. The van der Waals surface area contributed by atoms with Gasteiger partial charge in [0.2, 0.25) is 0 Å². The maximum absolute atomic E-state index is 10.5. The molecule has 0 radical (unpaired) electrons. The van der Waals surface area contributed by atoms with Crippen LogP contribution in [0.1, 0.15) is 5.69 Å². The minimum absolute atomic E-state index is 0.0291. The molecule has 5 nitrogen and oxygen atoms in total. The Morgan fingerprint density at radius 1 is 1.44 bits per heavy atom. The number of halogens is 1. The molecule has 0 unspecified atom stereocenters. The number of nitro benzene ring substituents is 1. The molecule has 0 saturated carbocycles. The quantitative estimate of drug-likeness (QED) is 0.596. The summed E-state index contributed by atoms with van der Waals surface area (Å²) in [4.78, 5) is 10.1. The molecule has 0 bridgehead atoms. The van der Waals surface area contributed by atoms with E-state index in [-0.39, 0.29) is 5.69 Å². The Bertz CT molecular complexity index is 551. The van der Waals surface area contributed by atoms with E-state index in [2.05, 4.69) is 5.10 Å². The molecule has 0 aliphatic heterocycles. The van der Waals surface area contributed by atoms with Gasteiger partial charge in [-0.15, -0.1) is 0 Å². The Labute approximate surface area is 96.4 Å². The Balaban J connectivity index is 2.52. The van der Waals surface area contributed by atoms with Crippen molar-refractivity contribution in [2.45, 2.75) is 6.92 Å². The average Bonchev–Trinajstić information content (AvgIpc) is 2.64. The van der Waals surface area contributed by atoms with E-state index < -0.39 is 4.92 Å². The van der Waals surface area contributed by atoms with Crippen molar-refractivity contribution in [1.29, 1.82) is 0 Å². The number of nitro groups is 1. The second kappa shape index (κ2) is 3.94. The van der Waals surface area contributed by atoms with Crippen LogP contribution in [0.4, 0.5) is 5.69 Å². The van der Waals surface area contributed by atoms with Crippen LogP contribution in [0, 0.1) is 17.0 Å². The molecule has 1 aromatic heterocycles. The highest BCUT2D eigenvalue weighted by Gasteiger charge is 2.11.